The third kappa shape index (κ3) is 2.71. The SMILES string of the molecule is O=C(O)NCC1NS(=O)(=O)c2ccc(-c3c[nH]c4cc(F)ccc34)cc21. The van der Waals surface area contributed by atoms with E-state index in [1.165, 1.54) is 18.2 Å². The Morgan fingerprint density at radius 3 is 2.81 bits per heavy atom. The summed E-state index contributed by atoms with van der Waals surface area (Å²) in [5.74, 6) is -0.352. The molecular formula is C17H14FN3O4S. The molecular weight excluding hydrogens is 361 g/mol. The Morgan fingerprint density at radius 1 is 1.23 bits per heavy atom. The molecule has 4 N–H and O–H groups in total. The van der Waals surface area contributed by atoms with Gasteiger partial charge in [0.1, 0.15) is 5.82 Å². The standard InChI is InChI=1S/C17H14FN3O4S/c18-10-2-3-11-13(7-19-14(11)6-10)9-1-4-16-12(5-9)15(8-20-17(22)23)21-26(16,24)25/h1-7,15,19-21H,8H2,(H,22,23). The van der Waals surface area contributed by atoms with Crippen LogP contribution in [0.1, 0.15) is 11.6 Å². The molecule has 134 valence electrons. The molecule has 7 nitrogen and oxygen atoms in total. The molecule has 0 fully saturated rings. The van der Waals surface area contributed by atoms with Crippen molar-refractivity contribution >= 4 is 27.0 Å². The molecule has 2 aromatic carbocycles. The summed E-state index contributed by atoms with van der Waals surface area (Å²) in [6.45, 7) is -0.0793. The Bertz CT molecular complexity index is 1140. The normalized spacial score (nSPS) is 18.0. The minimum Gasteiger partial charge on any atom is -0.465 e. The zero-order valence-electron chi connectivity index (χ0n) is 13.3. The van der Waals surface area contributed by atoms with Crippen molar-refractivity contribution < 1.29 is 22.7 Å². The van der Waals surface area contributed by atoms with Crippen molar-refractivity contribution in [2.75, 3.05) is 6.54 Å². The zero-order valence-corrected chi connectivity index (χ0v) is 14.1. The lowest BCUT2D eigenvalue weighted by molar-refractivity contribution is 0.193. The third-order valence-corrected chi connectivity index (χ3v) is 5.93. The minimum absolute atomic E-state index is 0.0793. The second-order valence-corrected chi connectivity index (χ2v) is 7.69. The van der Waals surface area contributed by atoms with E-state index in [2.05, 4.69) is 15.0 Å². The van der Waals surface area contributed by atoms with Crippen LogP contribution in [-0.2, 0) is 10.0 Å². The second kappa shape index (κ2) is 5.82. The number of carboxylic acid groups (broad SMARTS) is 1. The quantitative estimate of drug-likeness (QED) is 0.564. The van der Waals surface area contributed by atoms with Crippen molar-refractivity contribution in [3.05, 3.63) is 54.0 Å². The molecule has 0 aliphatic carbocycles. The van der Waals surface area contributed by atoms with Gasteiger partial charge in [0.2, 0.25) is 10.0 Å². The van der Waals surface area contributed by atoms with E-state index in [0.717, 1.165) is 16.5 Å². The van der Waals surface area contributed by atoms with E-state index < -0.39 is 22.2 Å². The van der Waals surface area contributed by atoms with Gasteiger partial charge in [0.05, 0.1) is 10.9 Å². The minimum atomic E-state index is -3.68. The maximum absolute atomic E-state index is 13.4. The Morgan fingerprint density at radius 2 is 2.04 bits per heavy atom. The van der Waals surface area contributed by atoms with Gasteiger partial charge in [-0.15, -0.1) is 0 Å². The van der Waals surface area contributed by atoms with Gasteiger partial charge in [-0.2, -0.15) is 0 Å². The second-order valence-electron chi connectivity index (χ2n) is 6.00. The lowest BCUT2D eigenvalue weighted by Crippen LogP contribution is -2.32. The van der Waals surface area contributed by atoms with Crippen LogP contribution >= 0.6 is 0 Å². The van der Waals surface area contributed by atoms with E-state index in [0.29, 0.717) is 11.1 Å². The number of fused-ring (bicyclic) bond motifs is 2. The fourth-order valence-corrected chi connectivity index (χ4v) is 4.70. The summed E-state index contributed by atoms with van der Waals surface area (Å²) in [5.41, 5.74) is 2.68. The lowest BCUT2D eigenvalue weighted by Gasteiger charge is -2.11. The van der Waals surface area contributed by atoms with E-state index in [-0.39, 0.29) is 17.3 Å². The number of rotatable bonds is 3. The van der Waals surface area contributed by atoms with Gasteiger partial charge in [0.15, 0.2) is 0 Å². The molecule has 1 aromatic heterocycles. The molecule has 1 amide bonds. The predicted octanol–water partition coefficient (Wildman–Crippen LogP) is 2.57. The summed E-state index contributed by atoms with van der Waals surface area (Å²) in [4.78, 5) is 13.9. The van der Waals surface area contributed by atoms with Crippen LogP contribution < -0.4 is 10.0 Å². The molecule has 9 heteroatoms. The molecule has 26 heavy (non-hydrogen) atoms. The Kier molecular flexibility index (Phi) is 3.70. The smallest absolute Gasteiger partial charge is 0.404 e. The van der Waals surface area contributed by atoms with Crippen molar-refractivity contribution in [2.24, 2.45) is 0 Å². The van der Waals surface area contributed by atoms with Gasteiger partial charge in [-0.3, -0.25) is 0 Å². The van der Waals surface area contributed by atoms with Crippen molar-refractivity contribution in [2.45, 2.75) is 10.9 Å². The highest BCUT2D eigenvalue weighted by atomic mass is 32.2. The van der Waals surface area contributed by atoms with Crippen molar-refractivity contribution in [1.82, 2.24) is 15.0 Å². The lowest BCUT2D eigenvalue weighted by atomic mass is 9.99. The van der Waals surface area contributed by atoms with Gasteiger partial charge in [-0.1, -0.05) is 6.07 Å². The van der Waals surface area contributed by atoms with Crippen molar-refractivity contribution in [3.63, 3.8) is 0 Å². The number of amides is 1. The van der Waals surface area contributed by atoms with Gasteiger partial charge in [0, 0.05) is 29.2 Å². The molecule has 2 heterocycles. The first-order valence-corrected chi connectivity index (χ1v) is 9.23. The molecule has 0 saturated carbocycles. The Balaban J connectivity index is 1.80. The van der Waals surface area contributed by atoms with E-state index in [1.807, 2.05) is 0 Å². The van der Waals surface area contributed by atoms with Crippen LogP contribution in [-0.4, -0.2) is 31.1 Å². The number of hydrogen-bond donors (Lipinski definition) is 4. The fraction of sp³-hybridized carbons (Fsp3) is 0.118. The van der Waals surface area contributed by atoms with Crippen LogP contribution in [0.5, 0.6) is 0 Å². The number of aromatic amines is 1. The fourth-order valence-electron chi connectivity index (χ4n) is 3.23. The molecule has 4 rings (SSSR count). The van der Waals surface area contributed by atoms with Crippen LogP contribution in [0.25, 0.3) is 22.0 Å². The highest BCUT2D eigenvalue weighted by Crippen LogP contribution is 2.36. The number of aromatic nitrogens is 1. The molecule has 3 aromatic rings. The highest BCUT2D eigenvalue weighted by molar-refractivity contribution is 7.89. The summed E-state index contributed by atoms with van der Waals surface area (Å²) >= 11 is 0. The molecule has 1 atom stereocenters. The molecule has 0 spiro atoms. The zero-order chi connectivity index (χ0) is 18.5. The van der Waals surface area contributed by atoms with Gasteiger partial charge < -0.3 is 15.4 Å². The first-order valence-electron chi connectivity index (χ1n) is 7.75. The first kappa shape index (κ1) is 16.6. The largest absolute Gasteiger partial charge is 0.465 e. The van der Waals surface area contributed by atoms with Crippen LogP contribution in [0, 0.1) is 5.82 Å². The predicted molar refractivity (Wildman–Crippen MR) is 92.8 cm³/mol. The van der Waals surface area contributed by atoms with E-state index in [1.54, 1.807) is 24.4 Å². The van der Waals surface area contributed by atoms with E-state index in [4.69, 9.17) is 5.11 Å². The number of halogens is 1. The number of benzene rings is 2. The summed E-state index contributed by atoms with van der Waals surface area (Å²) < 4.78 is 40.3. The van der Waals surface area contributed by atoms with Gasteiger partial charge in [-0.05, 0) is 41.5 Å². The third-order valence-electron chi connectivity index (χ3n) is 4.38. The number of carbonyl (C=O) groups is 1. The molecule has 0 saturated heterocycles. The van der Waals surface area contributed by atoms with Crippen LogP contribution in [0.3, 0.4) is 0 Å². The van der Waals surface area contributed by atoms with E-state index in [9.17, 15) is 17.6 Å². The molecule has 1 aliphatic rings. The number of H-pyrrole nitrogens is 1. The average Bonchev–Trinajstić information content (AvgIpc) is 3.11. The van der Waals surface area contributed by atoms with Crippen molar-refractivity contribution in [1.29, 1.82) is 0 Å². The highest BCUT2D eigenvalue weighted by Gasteiger charge is 2.34. The number of sulfonamides is 1. The van der Waals surface area contributed by atoms with Gasteiger partial charge >= 0.3 is 6.09 Å². The maximum atomic E-state index is 13.4. The Hall–Kier alpha value is -2.91. The first-order chi connectivity index (χ1) is 12.3. The number of hydrogen-bond acceptors (Lipinski definition) is 3. The van der Waals surface area contributed by atoms with E-state index >= 15 is 0 Å². The topological polar surface area (TPSA) is 111 Å². The summed E-state index contributed by atoms with van der Waals surface area (Å²) in [6.07, 6.45) is 0.500. The summed E-state index contributed by atoms with van der Waals surface area (Å²) in [6, 6.07) is 8.60. The molecule has 0 bridgehead atoms. The average molecular weight is 375 g/mol. The monoisotopic (exact) mass is 375 g/mol. The van der Waals surface area contributed by atoms with Gasteiger partial charge in [0.25, 0.3) is 0 Å². The van der Waals surface area contributed by atoms with Gasteiger partial charge in [-0.25, -0.2) is 22.3 Å². The Labute approximate surface area is 147 Å². The molecule has 0 radical (unpaired) electrons. The molecule has 1 aliphatic heterocycles. The summed E-state index contributed by atoms with van der Waals surface area (Å²) in [5, 5.41) is 11.8. The van der Waals surface area contributed by atoms with Crippen LogP contribution in [0.15, 0.2) is 47.5 Å². The molecule has 1 unspecified atom stereocenters. The maximum Gasteiger partial charge on any atom is 0.404 e. The van der Waals surface area contributed by atoms with Crippen LogP contribution in [0.4, 0.5) is 9.18 Å². The summed E-state index contributed by atoms with van der Waals surface area (Å²) in [7, 11) is -3.68. The van der Waals surface area contributed by atoms with Crippen LogP contribution in [0.2, 0.25) is 0 Å². The van der Waals surface area contributed by atoms with Crippen molar-refractivity contribution in [3.8, 4) is 11.1 Å². The number of nitrogens with one attached hydrogen (secondary N) is 3.